The van der Waals surface area contributed by atoms with Gasteiger partial charge in [0, 0.05) is 12.5 Å². The Kier molecular flexibility index (Phi) is 4.91. The lowest BCUT2D eigenvalue weighted by Crippen LogP contribution is -2.45. The number of amides is 3. The van der Waals surface area contributed by atoms with E-state index in [9.17, 15) is 14.4 Å². The number of carbonyl (C=O) groups excluding carboxylic acids is 2. The highest BCUT2D eigenvalue weighted by Gasteiger charge is 2.31. The van der Waals surface area contributed by atoms with Crippen LogP contribution in [0.25, 0.3) is 0 Å². The molecule has 1 unspecified atom stereocenters. The largest absolute Gasteiger partial charge is 0.481 e. The van der Waals surface area contributed by atoms with Crippen LogP contribution < -0.4 is 10.6 Å². The molecule has 0 aliphatic heterocycles. The summed E-state index contributed by atoms with van der Waals surface area (Å²) in [5.74, 6) is -0.953. The van der Waals surface area contributed by atoms with Gasteiger partial charge in [0.15, 0.2) is 0 Å². The maximum absolute atomic E-state index is 11.6. The second kappa shape index (κ2) is 6.04. The average molecular weight is 270 g/mol. The van der Waals surface area contributed by atoms with Crippen molar-refractivity contribution in [2.75, 3.05) is 0 Å². The molecule has 3 N–H and O–H groups in total. The van der Waals surface area contributed by atoms with Gasteiger partial charge in [0.25, 0.3) is 0 Å². The maximum Gasteiger partial charge on any atom is 0.321 e. The van der Waals surface area contributed by atoms with Gasteiger partial charge in [-0.15, -0.1) is 0 Å². The Balaban J connectivity index is 2.30. The van der Waals surface area contributed by atoms with E-state index in [0.717, 1.165) is 6.42 Å². The van der Waals surface area contributed by atoms with Crippen molar-refractivity contribution in [3.63, 3.8) is 0 Å². The number of carboxylic acid groups (broad SMARTS) is 1. The van der Waals surface area contributed by atoms with Crippen LogP contribution in [0.15, 0.2) is 0 Å². The summed E-state index contributed by atoms with van der Waals surface area (Å²) in [6.07, 6.45) is 3.10. The van der Waals surface area contributed by atoms with Crippen LogP contribution in [0, 0.1) is 11.3 Å². The summed E-state index contributed by atoms with van der Waals surface area (Å²) in [6.45, 7) is 4.79. The fourth-order valence-corrected chi connectivity index (χ4v) is 1.82. The zero-order valence-corrected chi connectivity index (χ0v) is 11.7. The first-order valence-corrected chi connectivity index (χ1v) is 6.54. The van der Waals surface area contributed by atoms with Crippen molar-refractivity contribution in [2.45, 2.75) is 52.5 Å². The van der Waals surface area contributed by atoms with E-state index in [-0.39, 0.29) is 12.5 Å². The highest BCUT2D eigenvalue weighted by atomic mass is 16.4. The molecule has 1 fully saturated rings. The lowest BCUT2D eigenvalue weighted by Gasteiger charge is -2.18. The minimum absolute atomic E-state index is 0.0211. The second-order valence-corrected chi connectivity index (χ2v) is 5.97. The van der Waals surface area contributed by atoms with Crippen LogP contribution in [0.1, 0.15) is 46.5 Å². The van der Waals surface area contributed by atoms with Crippen molar-refractivity contribution in [1.29, 1.82) is 0 Å². The maximum atomic E-state index is 11.6. The molecule has 0 heterocycles. The van der Waals surface area contributed by atoms with Gasteiger partial charge < -0.3 is 10.4 Å². The van der Waals surface area contributed by atoms with Gasteiger partial charge in [-0.05, 0) is 33.1 Å². The fraction of sp³-hybridized carbons (Fsp3) is 0.769. The number of nitrogens with one attached hydrogen (secondary N) is 2. The van der Waals surface area contributed by atoms with E-state index in [4.69, 9.17) is 5.11 Å². The number of carbonyl (C=O) groups is 3. The van der Waals surface area contributed by atoms with E-state index in [1.165, 1.54) is 26.7 Å². The van der Waals surface area contributed by atoms with Gasteiger partial charge in [-0.25, -0.2) is 4.79 Å². The first-order chi connectivity index (χ1) is 8.70. The quantitative estimate of drug-likeness (QED) is 0.681. The Morgan fingerprint density at radius 3 is 2.37 bits per heavy atom. The molecule has 108 valence electrons. The lowest BCUT2D eigenvalue weighted by atomic mass is 9.89. The molecule has 0 spiro atoms. The highest BCUT2D eigenvalue weighted by molar-refractivity contribution is 5.96. The molecular formula is C13H22N2O4. The summed E-state index contributed by atoms with van der Waals surface area (Å²) in [5.41, 5.74) is -1.18. The molecular weight excluding hydrogens is 248 g/mol. The van der Waals surface area contributed by atoms with Crippen molar-refractivity contribution < 1.29 is 19.5 Å². The van der Waals surface area contributed by atoms with Gasteiger partial charge in [0.1, 0.15) is 0 Å². The van der Waals surface area contributed by atoms with Crippen molar-refractivity contribution in [2.24, 2.45) is 11.3 Å². The minimum Gasteiger partial charge on any atom is -0.481 e. The molecule has 3 amide bonds. The van der Waals surface area contributed by atoms with Crippen LogP contribution in [-0.4, -0.2) is 29.1 Å². The highest BCUT2D eigenvalue weighted by Crippen LogP contribution is 2.33. The molecule has 19 heavy (non-hydrogen) atoms. The van der Waals surface area contributed by atoms with E-state index in [1.807, 2.05) is 6.92 Å². The smallest absolute Gasteiger partial charge is 0.321 e. The summed E-state index contributed by atoms with van der Waals surface area (Å²) in [4.78, 5) is 34.0. The topological polar surface area (TPSA) is 95.5 Å². The van der Waals surface area contributed by atoms with E-state index < -0.39 is 23.3 Å². The number of urea groups is 1. The molecule has 1 aliphatic rings. The number of aliphatic carboxylic acids is 1. The van der Waals surface area contributed by atoms with E-state index in [0.29, 0.717) is 5.92 Å². The van der Waals surface area contributed by atoms with Gasteiger partial charge in [0.05, 0.1) is 5.41 Å². The van der Waals surface area contributed by atoms with E-state index >= 15 is 0 Å². The number of imide groups is 1. The molecule has 6 heteroatoms. The van der Waals surface area contributed by atoms with Crippen LogP contribution in [0.3, 0.4) is 0 Å². The number of carboxylic acids is 1. The Hall–Kier alpha value is -1.59. The third kappa shape index (κ3) is 5.72. The van der Waals surface area contributed by atoms with Gasteiger partial charge in [-0.1, -0.05) is 12.8 Å². The fourth-order valence-electron chi connectivity index (χ4n) is 1.82. The van der Waals surface area contributed by atoms with Crippen LogP contribution in [0.2, 0.25) is 0 Å². The molecule has 6 nitrogen and oxygen atoms in total. The van der Waals surface area contributed by atoms with Gasteiger partial charge in [0.2, 0.25) is 5.91 Å². The molecule has 0 aromatic rings. The van der Waals surface area contributed by atoms with Gasteiger partial charge in [-0.2, -0.15) is 0 Å². The lowest BCUT2D eigenvalue weighted by molar-refractivity contribution is -0.149. The molecule has 0 aromatic heterocycles. The van der Waals surface area contributed by atoms with E-state index in [1.54, 1.807) is 0 Å². The first-order valence-electron chi connectivity index (χ1n) is 6.54. The zero-order chi connectivity index (χ0) is 14.6. The Morgan fingerprint density at radius 2 is 1.89 bits per heavy atom. The normalized spacial score (nSPS) is 16.6. The molecule has 1 saturated carbocycles. The number of hydrogen-bond donors (Lipinski definition) is 3. The number of hydrogen-bond acceptors (Lipinski definition) is 3. The molecule has 1 rings (SSSR count). The van der Waals surface area contributed by atoms with Gasteiger partial charge >= 0.3 is 12.0 Å². The average Bonchev–Trinajstić information content (AvgIpc) is 2.98. The summed E-state index contributed by atoms with van der Waals surface area (Å²) < 4.78 is 0. The molecule has 0 saturated heterocycles. The molecule has 1 atom stereocenters. The Labute approximate surface area is 112 Å². The SMILES string of the molecule is CC(CC1CC1)NC(=O)NC(=O)CC(C)(C)C(=O)O. The zero-order valence-electron chi connectivity index (χ0n) is 11.7. The number of rotatable bonds is 6. The van der Waals surface area contributed by atoms with Crippen molar-refractivity contribution >= 4 is 17.9 Å². The van der Waals surface area contributed by atoms with Crippen molar-refractivity contribution in [1.82, 2.24) is 10.6 Å². The third-order valence-corrected chi connectivity index (χ3v) is 3.20. The van der Waals surface area contributed by atoms with Crippen molar-refractivity contribution in [3.8, 4) is 0 Å². The molecule has 0 aromatic carbocycles. The minimum atomic E-state index is -1.18. The predicted molar refractivity (Wildman–Crippen MR) is 69.5 cm³/mol. The second-order valence-electron chi connectivity index (χ2n) is 5.97. The summed E-state index contributed by atoms with van der Waals surface area (Å²) in [7, 11) is 0. The summed E-state index contributed by atoms with van der Waals surface area (Å²) >= 11 is 0. The Bertz CT molecular complexity index is 375. The molecule has 1 aliphatic carbocycles. The first kappa shape index (κ1) is 15.5. The van der Waals surface area contributed by atoms with Crippen LogP contribution in [-0.2, 0) is 9.59 Å². The Morgan fingerprint density at radius 1 is 1.32 bits per heavy atom. The third-order valence-electron chi connectivity index (χ3n) is 3.20. The van der Waals surface area contributed by atoms with Crippen LogP contribution >= 0.6 is 0 Å². The standard InChI is InChI=1S/C13H22N2O4/c1-8(6-9-4-5-9)14-12(19)15-10(16)7-13(2,3)11(17)18/h8-9H,4-7H2,1-3H3,(H,17,18)(H2,14,15,16,19). The van der Waals surface area contributed by atoms with Crippen LogP contribution in [0.5, 0.6) is 0 Å². The monoisotopic (exact) mass is 270 g/mol. The predicted octanol–water partition coefficient (Wildman–Crippen LogP) is 1.50. The summed E-state index contributed by atoms with van der Waals surface area (Å²) in [6, 6.07) is -0.535. The summed E-state index contributed by atoms with van der Waals surface area (Å²) in [5, 5.41) is 13.7. The van der Waals surface area contributed by atoms with Gasteiger partial charge in [-0.3, -0.25) is 14.9 Å². The van der Waals surface area contributed by atoms with E-state index in [2.05, 4.69) is 10.6 Å². The molecule has 0 bridgehead atoms. The van der Waals surface area contributed by atoms with Crippen molar-refractivity contribution in [3.05, 3.63) is 0 Å². The molecule has 0 radical (unpaired) electrons. The van der Waals surface area contributed by atoms with Crippen LogP contribution in [0.4, 0.5) is 4.79 Å².